The molecule has 1 heterocycles. The summed E-state index contributed by atoms with van der Waals surface area (Å²) >= 11 is 6.03. The van der Waals surface area contributed by atoms with Gasteiger partial charge < -0.3 is 9.84 Å². The number of ketones is 1. The summed E-state index contributed by atoms with van der Waals surface area (Å²) in [5.74, 6) is -1.35. The predicted molar refractivity (Wildman–Crippen MR) is 95.6 cm³/mol. The fraction of sp³-hybridized carbons (Fsp3) is 0.222. The predicted octanol–water partition coefficient (Wildman–Crippen LogP) is 3.22. The monoisotopic (exact) mass is 394 g/mol. The van der Waals surface area contributed by atoms with Gasteiger partial charge in [-0.3, -0.25) is 4.79 Å². The molecule has 136 valence electrons. The van der Waals surface area contributed by atoms with Crippen molar-refractivity contribution in [2.24, 2.45) is 0 Å². The third-order valence-electron chi connectivity index (χ3n) is 4.34. The van der Waals surface area contributed by atoms with E-state index in [4.69, 9.17) is 21.4 Å². The summed E-state index contributed by atoms with van der Waals surface area (Å²) in [6.45, 7) is 2.21. The van der Waals surface area contributed by atoms with Crippen LogP contribution in [0.15, 0.2) is 41.3 Å². The van der Waals surface area contributed by atoms with Gasteiger partial charge in [0.1, 0.15) is 10.5 Å². The zero-order chi connectivity index (χ0) is 19.3. The first-order chi connectivity index (χ1) is 12.1. The van der Waals surface area contributed by atoms with Crippen molar-refractivity contribution < 1.29 is 27.9 Å². The number of rotatable bonds is 4. The number of halogens is 1. The third-order valence-corrected chi connectivity index (χ3v) is 7.02. The first-order valence-corrected chi connectivity index (χ1v) is 9.50. The number of fused-ring (bicyclic) bond motifs is 1. The minimum absolute atomic E-state index is 0.0471. The second-order valence-electron chi connectivity index (χ2n) is 6.38. The van der Waals surface area contributed by atoms with Gasteiger partial charge in [-0.05, 0) is 49.7 Å². The van der Waals surface area contributed by atoms with Gasteiger partial charge in [0.05, 0.1) is 4.90 Å². The molecular formula is C18H15ClO6S. The lowest BCUT2D eigenvalue weighted by Crippen LogP contribution is -2.33. The summed E-state index contributed by atoms with van der Waals surface area (Å²) in [6.07, 6.45) is 0. The Bertz CT molecular complexity index is 1040. The Hall–Kier alpha value is -2.38. The molecule has 26 heavy (non-hydrogen) atoms. The van der Waals surface area contributed by atoms with Crippen LogP contribution in [-0.4, -0.2) is 36.6 Å². The topological polar surface area (TPSA) is 97.7 Å². The average molecular weight is 395 g/mol. The van der Waals surface area contributed by atoms with Crippen molar-refractivity contribution in [3.8, 4) is 16.9 Å². The van der Waals surface area contributed by atoms with Gasteiger partial charge in [-0.25, -0.2) is 13.2 Å². The number of hydrogen-bond acceptors (Lipinski definition) is 5. The zero-order valence-corrected chi connectivity index (χ0v) is 15.5. The molecule has 2 aromatic rings. The van der Waals surface area contributed by atoms with E-state index in [0.717, 1.165) is 0 Å². The molecule has 0 unspecified atom stereocenters. The molecule has 1 aliphatic rings. The molecule has 0 saturated carbocycles. The van der Waals surface area contributed by atoms with E-state index in [0.29, 0.717) is 16.1 Å². The van der Waals surface area contributed by atoms with Crippen molar-refractivity contribution in [1.29, 1.82) is 0 Å². The van der Waals surface area contributed by atoms with Gasteiger partial charge in [0.25, 0.3) is 0 Å². The number of aliphatic carboxylic acids is 1. The Morgan fingerprint density at radius 3 is 2.50 bits per heavy atom. The van der Waals surface area contributed by atoms with Crippen molar-refractivity contribution in [3.63, 3.8) is 0 Å². The van der Waals surface area contributed by atoms with Gasteiger partial charge in [-0.15, -0.1) is 0 Å². The van der Waals surface area contributed by atoms with Crippen molar-refractivity contribution in [2.45, 2.75) is 23.5 Å². The summed E-state index contributed by atoms with van der Waals surface area (Å²) in [7, 11) is -3.83. The summed E-state index contributed by atoms with van der Waals surface area (Å²) in [6, 6.07) is 9.05. The average Bonchev–Trinajstić information content (AvgIpc) is 2.71. The molecule has 6 nitrogen and oxygen atoms in total. The summed E-state index contributed by atoms with van der Waals surface area (Å²) < 4.78 is 29.2. The smallest absolute Gasteiger partial charge is 0.341 e. The largest absolute Gasteiger partial charge is 0.481 e. The van der Waals surface area contributed by atoms with E-state index < -0.39 is 32.9 Å². The van der Waals surface area contributed by atoms with Crippen LogP contribution in [0.5, 0.6) is 5.75 Å². The molecule has 8 heteroatoms. The molecule has 0 radical (unpaired) electrons. The molecule has 0 bridgehead atoms. The molecule has 0 aromatic heterocycles. The number of carboxylic acid groups (broad SMARTS) is 1. The number of ether oxygens (including phenoxy) is 1. The maximum Gasteiger partial charge on any atom is 0.341 e. The van der Waals surface area contributed by atoms with Crippen molar-refractivity contribution in [3.05, 3.63) is 47.0 Å². The molecule has 1 N–H and O–H groups in total. The number of carboxylic acids is 1. The van der Waals surface area contributed by atoms with Gasteiger partial charge in [-0.1, -0.05) is 17.7 Å². The quantitative estimate of drug-likeness (QED) is 0.854. The highest BCUT2D eigenvalue weighted by atomic mass is 35.5. The van der Waals surface area contributed by atoms with Crippen LogP contribution in [0.1, 0.15) is 24.2 Å². The van der Waals surface area contributed by atoms with Crippen LogP contribution in [0.4, 0.5) is 0 Å². The Labute approximate surface area is 155 Å². The van der Waals surface area contributed by atoms with Gasteiger partial charge in [-0.2, -0.15) is 0 Å². The van der Waals surface area contributed by atoms with Crippen LogP contribution >= 0.6 is 11.6 Å². The van der Waals surface area contributed by atoms with Gasteiger partial charge >= 0.3 is 5.97 Å². The van der Waals surface area contributed by atoms with Gasteiger partial charge in [0.15, 0.2) is 22.2 Å². The molecule has 2 aromatic carbocycles. The van der Waals surface area contributed by atoms with Crippen LogP contribution in [0.3, 0.4) is 0 Å². The van der Waals surface area contributed by atoms with Crippen molar-refractivity contribution >= 4 is 33.2 Å². The van der Waals surface area contributed by atoms with Crippen LogP contribution in [0.25, 0.3) is 11.1 Å². The van der Waals surface area contributed by atoms with Crippen LogP contribution in [-0.2, 0) is 14.6 Å². The highest BCUT2D eigenvalue weighted by Gasteiger charge is 2.51. The standard InChI is InChI=1S/C18H15ClO6S/c1-18(2)17(22)12-5-3-10(7-15(12)26(18,23)24)13-8-11(19)4-6-14(13)25-9-16(20)21/h3-8H,9H2,1-2H3,(H,20,21). The van der Waals surface area contributed by atoms with Gasteiger partial charge in [0.2, 0.25) is 0 Å². The molecule has 0 amide bonds. The Kier molecular flexibility index (Phi) is 4.32. The minimum Gasteiger partial charge on any atom is -0.481 e. The fourth-order valence-electron chi connectivity index (χ4n) is 2.81. The number of carbonyl (C=O) groups is 2. The molecule has 0 atom stereocenters. The lowest BCUT2D eigenvalue weighted by atomic mass is 9.97. The Balaban J connectivity index is 2.16. The second-order valence-corrected chi connectivity index (χ2v) is 9.28. The molecule has 0 fully saturated rings. The molecule has 0 aliphatic carbocycles. The van der Waals surface area contributed by atoms with Crippen LogP contribution in [0.2, 0.25) is 5.02 Å². The van der Waals surface area contributed by atoms with Crippen molar-refractivity contribution in [1.82, 2.24) is 0 Å². The molecule has 1 aliphatic heterocycles. The number of benzene rings is 2. The molecule has 3 rings (SSSR count). The van der Waals surface area contributed by atoms with E-state index in [9.17, 15) is 18.0 Å². The SMILES string of the molecule is CC1(C)C(=O)c2ccc(-c3cc(Cl)ccc3OCC(=O)O)cc2S1(=O)=O. The van der Waals surface area contributed by atoms with E-state index in [-0.39, 0.29) is 16.2 Å². The summed E-state index contributed by atoms with van der Waals surface area (Å²) in [5, 5.41) is 9.18. The lowest BCUT2D eigenvalue weighted by molar-refractivity contribution is -0.139. The number of carbonyl (C=O) groups excluding carboxylic acids is 1. The number of Topliss-reactive ketones (excluding diaryl/α,β-unsaturated/α-hetero) is 1. The maximum absolute atomic E-state index is 12.7. The van der Waals surface area contributed by atoms with E-state index in [1.54, 1.807) is 18.2 Å². The van der Waals surface area contributed by atoms with E-state index in [1.807, 2.05) is 0 Å². The molecule has 0 spiro atoms. The molecular weight excluding hydrogens is 380 g/mol. The van der Waals surface area contributed by atoms with Crippen molar-refractivity contribution in [2.75, 3.05) is 6.61 Å². The third kappa shape index (κ3) is 2.77. The number of hydrogen-bond donors (Lipinski definition) is 1. The Morgan fingerprint density at radius 2 is 1.85 bits per heavy atom. The lowest BCUT2D eigenvalue weighted by Gasteiger charge is -2.14. The summed E-state index contributed by atoms with van der Waals surface area (Å²) in [5.41, 5.74) is 1.04. The first-order valence-electron chi connectivity index (χ1n) is 7.63. The van der Waals surface area contributed by atoms with Crippen LogP contribution < -0.4 is 4.74 Å². The first kappa shape index (κ1) is 18.4. The maximum atomic E-state index is 12.7. The van der Waals surface area contributed by atoms with Gasteiger partial charge in [0, 0.05) is 16.1 Å². The highest BCUT2D eigenvalue weighted by Crippen LogP contribution is 2.42. The van der Waals surface area contributed by atoms with E-state index in [2.05, 4.69) is 0 Å². The second kappa shape index (κ2) is 6.10. The summed E-state index contributed by atoms with van der Waals surface area (Å²) in [4.78, 5) is 23.1. The minimum atomic E-state index is -3.83. The highest BCUT2D eigenvalue weighted by molar-refractivity contribution is 7.94. The normalized spacial score (nSPS) is 17.0. The van der Waals surface area contributed by atoms with E-state index in [1.165, 1.54) is 32.0 Å². The van der Waals surface area contributed by atoms with Crippen LogP contribution in [0, 0.1) is 0 Å². The Morgan fingerprint density at radius 1 is 1.15 bits per heavy atom. The molecule has 0 saturated heterocycles. The zero-order valence-electron chi connectivity index (χ0n) is 13.9. The van der Waals surface area contributed by atoms with E-state index >= 15 is 0 Å². The number of sulfone groups is 1. The fourth-order valence-corrected chi connectivity index (χ4v) is 4.62.